The van der Waals surface area contributed by atoms with Crippen molar-refractivity contribution >= 4 is 75.5 Å². The third-order valence-electron chi connectivity index (χ3n) is 13.0. The maximum atomic E-state index is 4.62. The standard InChI is InChI=1S/C59H35N/c1-4-40-17-19-44-21-27-49(52-30-23-42(6-1)56(40)58(44)52)37-11-9-36(10-12-37)46-25-29-51(54(35-46)47-26-32-55-48(34-47)8-3-33-60-55)39-15-13-38(14-16-39)50-28-22-45-20-18-41-5-2-7-43-24-31-53(50)59(45)57(41)43/h1-35H. The topological polar surface area (TPSA) is 12.9 Å². The normalized spacial score (nSPS) is 12.0. The Labute approximate surface area is 347 Å². The number of fused-ring (bicyclic) bond motifs is 1. The monoisotopic (exact) mass is 757 g/mol. The van der Waals surface area contributed by atoms with Crippen LogP contribution in [0.3, 0.4) is 0 Å². The number of benzene rings is 12. The molecular weight excluding hydrogens is 723 g/mol. The Morgan fingerprint density at radius 2 is 0.650 bits per heavy atom. The lowest BCUT2D eigenvalue weighted by Crippen LogP contribution is -1.90. The Bertz CT molecular complexity index is 3770. The molecule has 0 fully saturated rings. The average molecular weight is 758 g/mol. The first-order valence-corrected chi connectivity index (χ1v) is 20.8. The first-order chi connectivity index (χ1) is 29.7. The van der Waals surface area contributed by atoms with Gasteiger partial charge in [-0.25, -0.2) is 0 Å². The molecule has 0 unspecified atom stereocenters. The van der Waals surface area contributed by atoms with Gasteiger partial charge in [0.05, 0.1) is 5.52 Å². The van der Waals surface area contributed by atoms with Crippen molar-refractivity contribution in [1.29, 1.82) is 0 Å². The van der Waals surface area contributed by atoms with E-state index in [-0.39, 0.29) is 0 Å². The number of hydrogen-bond acceptors (Lipinski definition) is 1. The minimum absolute atomic E-state index is 0.999. The summed E-state index contributed by atoms with van der Waals surface area (Å²) in [4.78, 5) is 4.62. The lowest BCUT2D eigenvalue weighted by molar-refractivity contribution is 1.41. The highest BCUT2D eigenvalue weighted by Crippen LogP contribution is 2.43. The van der Waals surface area contributed by atoms with Gasteiger partial charge in [-0.05, 0) is 145 Å². The molecule has 1 heteroatoms. The molecule has 1 aromatic heterocycles. The van der Waals surface area contributed by atoms with Gasteiger partial charge in [-0.1, -0.05) is 182 Å². The van der Waals surface area contributed by atoms with Crippen molar-refractivity contribution in [3.63, 3.8) is 0 Å². The molecular formula is C59H35N. The largest absolute Gasteiger partial charge is 0.256 e. The lowest BCUT2D eigenvalue weighted by Gasteiger charge is -2.16. The van der Waals surface area contributed by atoms with E-state index in [4.69, 9.17) is 0 Å². The van der Waals surface area contributed by atoms with Crippen LogP contribution in [0.1, 0.15) is 0 Å². The highest BCUT2D eigenvalue weighted by molar-refractivity contribution is 6.26. The van der Waals surface area contributed by atoms with Crippen molar-refractivity contribution in [1.82, 2.24) is 4.98 Å². The number of hydrogen-bond donors (Lipinski definition) is 0. The van der Waals surface area contributed by atoms with Crippen molar-refractivity contribution in [3.8, 4) is 55.6 Å². The summed E-state index contributed by atoms with van der Waals surface area (Å²) in [6, 6.07) is 76.5. The van der Waals surface area contributed by atoms with E-state index in [0.717, 1.165) is 10.9 Å². The molecule has 12 aromatic carbocycles. The highest BCUT2D eigenvalue weighted by atomic mass is 14.6. The molecule has 13 rings (SSSR count). The molecule has 0 spiro atoms. The van der Waals surface area contributed by atoms with Crippen molar-refractivity contribution in [2.45, 2.75) is 0 Å². The van der Waals surface area contributed by atoms with Gasteiger partial charge in [-0.3, -0.25) is 4.98 Å². The Kier molecular flexibility index (Phi) is 7.08. The van der Waals surface area contributed by atoms with Crippen LogP contribution in [0.15, 0.2) is 212 Å². The van der Waals surface area contributed by atoms with E-state index in [1.165, 1.54) is 120 Å². The zero-order chi connectivity index (χ0) is 39.3. The highest BCUT2D eigenvalue weighted by Gasteiger charge is 2.16. The van der Waals surface area contributed by atoms with Crippen LogP contribution in [0.4, 0.5) is 0 Å². The Morgan fingerprint density at radius 3 is 1.22 bits per heavy atom. The second kappa shape index (κ2) is 12.8. The first-order valence-electron chi connectivity index (χ1n) is 20.8. The minimum Gasteiger partial charge on any atom is -0.256 e. The van der Waals surface area contributed by atoms with Gasteiger partial charge < -0.3 is 0 Å². The van der Waals surface area contributed by atoms with E-state index in [1.807, 2.05) is 12.3 Å². The van der Waals surface area contributed by atoms with E-state index < -0.39 is 0 Å². The second-order valence-electron chi connectivity index (χ2n) is 16.3. The summed E-state index contributed by atoms with van der Waals surface area (Å²) in [5.41, 5.74) is 13.1. The summed E-state index contributed by atoms with van der Waals surface area (Å²) in [5.74, 6) is 0. The van der Waals surface area contributed by atoms with E-state index in [2.05, 4.69) is 205 Å². The van der Waals surface area contributed by atoms with Gasteiger partial charge in [0, 0.05) is 11.6 Å². The fourth-order valence-electron chi connectivity index (χ4n) is 10.1. The molecule has 0 saturated heterocycles. The average Bonchev–Trinajstić information content (AvgIpc) is 3.32. The zero-order valence-electron chi connectivity index (χ0n) is 32.7. The van der Waals surface area contributed by atoms with E-state index in [0.29, 0.717) is 0 Å². The third-order valence-corrected chi connectivity index (χ3v) is 13.0. The van der Waals surface area contributed by atoms with Gasteiger partial charge in [-0.15, -0.1) is 0 Å². The van der Waals surface area contributed by atoms with Crippen LogP contribution in [-0.4, -0.2) is 4.98 Å². The van der Waals surface area contributed by atoms with E-state index in [9.17, 15) is 0 Å². The molecule has 60 heavy (non-hydrogen) atoms. The molecule has 0 amide bonds. The molecule has 1 nitrogen and oxygen atoms in total. The summed E-state index contributed by atoms with van der Waals surface area (Å²) in [6.07, 6.45) is 1.86. The van der Waals surface area contributed by atoms with Gasteiger partial charge in [0.2, 0.25) is 0 Å². The number of nitrogens with zero attached hydrogens (tertiary/aromatic N) is 1. The number of rotatable bonds is 5. The lowest BCUT2D eigenvalue weighted by atomic mass is 9.88. The molecule has 276 valence electrons. The Morgan fingerprint density at radius 1 is 0.233 bits per heavy atom. The fourth-order valence-corrected chi connectivity index (χ4v) is 10.1. The third kappa shape index (κ3) is 5.03. The molecule has 0 radical (unpaired) electrons. The summed E-state index contributed by atoms with van der Waals surface area (Å²) >= 11 is 0. The van der Waals surface area contributed by atoms with Crippen LogP contribution in [-0.2, 0) is 0 Å². The van der Waals surface area contributed by atoms with Crippen LogP contribution in [0.2, 0.25) is 0 Å². The van der Waals surface area contributed by atoms with Crippen LogP contribution < -0.4 is 0 Å². The van der Waals surface area contributed by atoms with Crippen LogP contribution in [0, 0.1) is 0 Å². The van der Waals surface area contributed by atoms with Crippen molar-refractivity contribution in [2.24, 2.45) is 0 Å². The quantitative estimate of drug-likeness (QED) is 0.159. The number of aromatic nitrogens is 1. The maximum absolute atomic E-state index is 4.62. The predicted molar refractivity (Wildman–Crippen MR) is 256 cm³/mol. The van der Waals surface area contributed by atoms with E-state index >= 15 is 0 Å². The predicted octanol–water partition coefficient (Wildman–Crippen LogP) is 16.4. The number of pyridine rings is 1. The maximum Gasteiger partial charge on any atom is 0.0702 e. The van der Waals surface area contributed by atoms with Crippen LogP contribution >= 0.6 is 0 Å². The molecule has 13 aromatic rings. The summed E-state index contributed by atoms with van der Waals surface area (Å²) in [7, 11) is 0. The molecule has 0 N–H and O–H groups in total. The van der Waals surface area contributed by atoms with Crippen LogP contribution in [0.25, 0.3) is 131 Å². The van der Waals surface area contributed by atoms with Gasteiger partial charge in [0.25, 0.3) is 0 Å². The Hall–Kier alpha value is -7.87. The Balaban J connectivity index is 0.906. The SMILES string of the molecule is c1cnc2ccc(-c3cc(-c4ccc(-c5ccc6ccc7cccc8ccc5c6c78)cc4)ccc3-c3ccc(-c4ccc5ccc6cccc7ccc4c5c67)cc3)cc2c1. The molecule has 0 aliphatic rings. The molecule has 0 saturated carbocycles. The zero-order valence-corrected chi connectivity index (χ0v) is 32.7. The van der Waals surface area contributed by atoms with Gasteiger partial charge in [-0.2, -0.15) is 0 Å². The summed E-state index contributed by atoms with van der Waals surface area (Å²) in [6.45, 7) is 0. The molecule has 0 aliphatic heterocycles. The fraction of sp³-hybridized carbons (Fsp3) is 0. The smallest absolute Gasteiger partial charge is 0.0702 e. The van der Waals surface area contributed by atoms with Gasteiger partial charge in [0.1, 0.15) is 0 Å². The molecule has 0 bridgehead atoms. The first kappa shape index (κ1) is 33.1. The van der Waals surface area contributed by atoms with Gasteiger partial charge >= 0.3 is 0 Å². The van der Waals surface area contributed by atoms with Gasteiger partial charge in [0.15, 0.2) is 0 Å². The van der Waals surface area contributed by atoms with Crippen molar-refractivity contribution in [2.75, 3.05) is 0 Å². The molecule has 1 heterocycles. The minimum atomic E-state index is 0.999. The van der Waals surface area contributed by atoms with Crippen LogP contribution in [0.5, 0.6) is 0 Å². The summed E-state index contributed by atoms with van der Waals surface area (Å²) in [5, 5.41) is 16.9. The molecule has 0 aliphatic carbocycles. The molecule has 0 atom stereocenters. The summed E-state index contributed by atoms with van der Waals surface area (Å²) < 4.78 is 0. The second-order valence-corrected chi connectivity index (χ2v) is 16.3. The van der Waals surface area contributed by atoms with Crippen molar-refractivity contribution in [3.05, 3.63) is 212 Å². The van der Waals surface area contributed by atoms with Crippen molar-refractivity contribution < 1.29 is 0 Å². The van der Waals surface area contributed by atoms with E-state index in [1.54, 1.807) is 0 Å².